The first-order valence-corrected chi connectivity index (χ1v) is 5.16. The SMILES string of the molecule is Cc1cc(F)ccc1C(N)Cc1ncc[nH]1. The molecule has 1 unspecified atom stereocenters. The van der Waals surface area contributed by atoms with E-state index in [1.165, 1.54) is 12.1 Å². The first kappa shape index (κ1) is 10.8. The topological polar surface area (TPSA) is 54.7 Å². The molecule has 0 radical (unpaired) electrons. The van der Waals surface area contributed by atoms with Gasteiger partial charge in [0.1, 0.15) is 11.6 Å². The van der Waals surface area contributed by atoms with Crippen LogP contribution in [0.5, 0.6) is 0 Å². The van der Waals surface area contributed by atoms with Gasteiger partial charge in [-0.25, -0.2) is 9.37 Å². The van der Waals surface area contributed by atoms with Crippen molar-refractivity contribution in [3.05, 3.63) is 53.4 Å². The van der Waals surface area contributed by atoms with E-state index >= 15 is 0 Å². The Kier molecular flexibility index (Phi) is 3.01. The molecule has 2 rings (SSSR count). The molecule has 16 heavy (non-hydrogen) atoms. The highest BCUT2D eigenvalue weighted by Crippen LogP contribution is 2.19. The van der Waals surface area contributed by atoms with Gasteiger partial charge in [0.2, 0.25) is 0 Å². The van der Waals surface area contributed by atoms with Crippen LogP contribution in [0, 0.1) is 12.7 Å². The van der Waals surface area contributed by atoms with Crippen LogP contribution >= 0.6 is 0 Å². The number of aromatic amines is 1. The molecule has 0 fully saturated rings. The third-order valence-electron chi connectivity index (χ3n) is 2.60. The Balaban J connectivity index is 2.17. The summed E-state index contributed by atoms with van der Waals surface area (Å²) in [6, 6.07) is 4.51. The number of imidazole rings is 1. The van der Waals surface area contributed by atoms with Gasteiger partial charge in [0.05, 0.1) is 0 Å². The molecule has 0 bridgehead atoms. The summed E-state index contributed by atoms with van der Waals surface area (Å²) in [5, 5.41) is 0. The average Bonchev–Trinajstić information content (AvgIpc) is 2.70. The third-order valence-corrected chi connectivity index (χ3v) is 2.60. The molecule has 0 saturated carbocycles. The maximum absolute atomic E-state index is 12.9. The summed E-state index contributed by atoms with van der Waals surface area (Å²) in [6.07, 6.45) is 4.08. The fourth-order valence-electron chi connectivity index (χ4n) is 1.78. The Bertz CT molecular complexity index is 465. The first-order chi connectivity index (χ1) is 7.66. The molecule has 0 spiro atoms. The molecule has 0 aliphatic carbocycles. The number of rotatable bonds is 3. The second kappa shape index (κ2) is 4.45. The van der Waals surface area contributed by atoms with Crippen molar-refractivity contribution < 1.29 is 4.39 Å². The number of aromatic nitrogens is 2. The Morgan fingerprint density at radius 1 is 1.50 bits per heavy atom. The standard InChI is InChI=1S/C12H14FN3/c1-8-6-9(13)2-3-10(8)11(14)7-12-15-4-5-16-12/h2-6,11H,7,14H2,1H3,(H,15,16). The molecular weight excluding hydrogens is 205 g/mol. The number of H-pyrrole nitrogens is 1. The lowest BCUT2D eigenvalue weighted by Gasteiger charge is -2.13. The van der Waals surface area contributed by atoms with Crippen LogP contribution in [0.2, 0.25) is 0 Å². The molecule has 0 aliphatic rings. The number of hydrogen-bond acceptors (Lipinski definition) is 2. The van der Waals surface area contributed by atoms with Crippen LogP contribution in [0.4, 0.5) is 4.39 Å². The summed E-state index contributed by atoms with van der Waals surface area (Å²) in [4.78, 5) is 7.12. The highest BCUT2D eigenvalue weighted by Gasteiger charge is 2.11. The van der Waals surface area contributed by atoms with Gasteiger partial charge in [-0.1, -0.05) is 6.07 Å². The van der Waals surface area contributed by atoms with Gasteiger partial charge in [-0.05, 0) is 30.2 Å². The zero-order valence-electron chi connectivity index (χ0n) is 9.07. The molecule has 3 nitrogen and oxygen atoms in total. The van der Waals surface area contributed by atoms with Crippen molar-refractivity contribution >= 4 is 0 Å². The highest BCUT2D eigenvalue weighted by atomic mass is 19.1. The van der Waals surface area contributed by atoms with Gasteiger partial charge in [0, 0.05) is 24.9 Å². The van der Waals surface area contributed by atoms with Crippen molar-refractivity contribution in [3.63, 3.8) is 0 Å². The van der Waals surface area contributed by atoms with Crippen molar-refractivity contribution in [2.75, 3.05) is 0 Å². The molecule has 1 atom stereocenters. The third kappa shape index (κ3) is 2.28. The monoisotopic (exact) mass is 219 g/mol. The number of nitrogens with zero attached hydrogens (tertiary/aromatic N) is 1. The van der Waals surface area contributed by atoms with Crippen LogP contribution < -0.4 is 5.73 Å². The van der Waals surface area contributed by atoms with E-state index in [4.69, 9.17) is 5.73 Å². The Hall–Kier alpha value is -1.68. The van der Waals surface area contributed by atoms with Gasteiger partial charge < -0.3 is 10.7 Å². The predicted octanol–water partition coefficient (Wildman–Crippen LogP) is 2.10. The number of hydrogen-bond donors (Lipinski definition) is 2. The van der Waals surface area contributed by atoms with E-state index in [9.17, 15) is 4.39 Å². The lowest BCUT2D eigenvalue weighted by atomic mass is 9.99. The minimum absolute atomic E-state index is 0.160. The zero-order chi connectivity index (χ0) is 11.5. The van der Waals surface area contributed by atoms with Crippen LogP contribution in [0.15, 0.2) is 30.6 Å². The largest absolute Gasteiger partial charge is 0.349 e. The van der Waals surface area contributed by atoms with Crippen molar-refractivity contribution in [1.82, 2.24) is 9.97 Å². The molecular formula is C12H14FN3. The van der Waals surface area contributed by atoms with Crippen molar-refractivity contribution in [1.29, 1.82) is 0 Å². The van der Waals surface area contributed by atoms with Gasteiger partial charge in [-0.2, -0.15) is 0 Å². The van der Waals surface area contributed by atoms with E-state index in [0.29, 0.717) is 6.42 Å². The highest BCUT2D eigenvalue weighted by molar-refractivity contribution is 5.29. The molecule has 0 amide bonds. The average molecular weight is 219 g/mol. The van der Waals surface area contributed by atoms with Crippen molar-refractivity contribution in [2.24, 2.45) is 5.73 Å². The fraction of sp³-hybridized carbons (Fsp3) is 0.250. The number of halogens is 1. The Morgan fingerprint density at radius 3 is 2.94 bits per heavy atom. The minimum Gasteiger partial charge on any atom is -0.349 e. The molecule has 2 aromatic rings. The maximum Gasteiger partial charge on any atom is 0.123 e. The van der Waals surface area contributed by atoms with E-state index in [2.05, 4.69) is 9.97 Å². The predicted molar refractivity (Wildman–Crippen MR) is 60.4 cm³/mol. The van der Waals surface area contributed by atoms with Crippen LogP contribution in [0.1, 0.15) is 23.0 Å². The molecule has 3 N–H and O–H groups in total. The quantitative estimate of drug-likeness (QED) is 0.830. The number of benzene rings is 1. The molecule has 0 saturated heterocycles. The summed E-state index contributed by atoms with van der Waals surface area (Å²) in [5.41, 5.74) is 7.89. The summed E-state index contributed by atoms with van der Waals surface area (Å²) in [6.45, 7) is 1.86. The van der Waals surface area contributed by atoms with E-state index in [1.54, 1.807) is 18.5 Å². The number of nitrogens with one attached hydrogen (secondary N) is 1. The normalized spacial score (nSPS) is 12.7. The van der Waals surface area contributed by atoms with Gasteiger partial charge in [-0.3, -0.25) is 0 Å². The zero-order valence-corrected chi connectivity index (χ0v) is 9.07. The second-order valence-electron chi connectivity index (χ2n) is 3.85. The van der Waals surface area contributed by atoms with Crippen molar-refractivity contribution in [3.8, 4) is 0 Å². The second-order valence-corrected chi connectivity index (χ2v) is 3.85. The Morgan fingerprint density at radius 2 is 2.31 bits per heavy atom. The van der Waals surface area contributed by atoms with Crippen LogP contribution in [0.25, 0.3) is 0 Å². The number of nitrogens with two attached hydrogens (primary N) is 1. The van der Waals surface area contributed by atoms with Gasteiger partial charge in [-0.15, -0.1) is 0 Å². The molecule has 1 heterocycles. The summed E-state index contributed by atoms with van der Waals surface area (Å²) >= 11 is 0. The first-order valence-electron chi connectivity index (χ1n) is 5.16. The summed E-state index contributed by atoms with van der Waals surface area (Å²) < 4.78 is 12.9. The van der Waals surface area contributed by atoms with E-state index in [-0.39, 0.29) is 11.9 Å². The lowest BCUT2D eigenvalue weighted by molar-refractivity contribution is 0.621. The van der Waals surface area contributed by atoms with E-state index in [1.807, 2.05) is 6.92 Å². The molecule has 0 aliphatic heterocycles. The van der Waals surface area contributed by atoms with Crippen LogP contribution in [-0.4, -0.2) is 9.97 Å². The number of aryl methyl sites for hydroxylation is 1. The molecule has 1 aromatic heterocycles. The fourth-order valence-corrected chi connectivity index (χ4v) is 1.78. The Labute approximate surface area is 93.5 Å². The van der Waals surface area contributed by atoms with Crippen molar-refractivity contribution in [2.45, 2.75) is 19.4 Å². The summed E-state index contributed by atoms with van der Waals surface area (Å²) in [5.74, 6) is 0.614. The van der Waals surface area contributed by atoms with Crippen LogP contribution in [0.3, 0.4) is 0 Å². The van der Waals surface area contributed by atoms with Gasteiger partial charge in [0.25, 0.3) is 0 Å². The smallest absolute Gasteiger partial charge is 0.123 e. The van der Waals surface area contributed by atoms with Crippen LogP contribution in [-0.2, 0) is 6.42 Å². The van der Waals surface area contributed by atoms with Gasteiger partial charge in [0.15, 0.2) is 0 Å². The minimum atomic E-state index is -0.230. The maximum atomic E-state index is 12.9. The molecule has 4 heteroatoms. The van der Waals surface area contributed by atoms with E-state index in [0.717, 1.165) is 17.0 Å². The molecule has 84 valence electrons. The molecule has 1 aromatic carbocycles. The van der Waals surface area contributed by atoms with E-state index < -0.39 is 0 Å². The summed E-state index contributed by atoms with van der Waals surface area (Å²) in [7, 11) is 0. The van der Waals surface area contributed by atoms with Gasteiger partial charge >= 0.3 is 0 Å². The lowest BCUT2D eigenvalue weighted by Crippen LogP contribution is -2.15.